The number of rotatable bonds is 2. The molecule has 1 amide bonds. The molecule has 3 aromatic rings. The van der Waals surface area contributed by atoms with Crippen LogP contribution in [0.1, 0.15) is 15.9 Å². The molecule has 0 saturated carbocycles. The Morgan fingerprint density at radius 3 is 2.90 bits per heavy atom. The summed E-state index contributed by atoms with van der Waals surface area (Å²) in [4.78, 5) is 16.4. The largest absolute Gasteiger partial charge is 0.298 e. The summed E-state index contributed by atoms with van der Waals surface area (Å²) in [6, 6.07) is 9.18. The van der Waals surface area contributed by atoms with Crippen LogP contribution in [0, 0.1) is 12.7 Å². The number of aromatic nitrogens is 1. The van der Waals surface area contributed by atoms with E-state index in [2.05, 4.69) is 10.3 Å². The van der Waals surface area contributed by atoms with Crippen molar-refractivity contribution in [3.8, 4) is 0 Å². The number of fused-ring (bicyclic) bond motifs is 1. The molecule has 0 aliphatic rings. The average Bonchev–Trinajstić information content (AvgIpc) is 2.86. The second-order valence-corrected chi connectivity index (χ2v) is 5.94. The van der Waals surface area contributed by atoms with E-state index in [1.54, 1.807) is 12.1 Å². The zero-order valence-electron chi connectivity index (χ0n) is 11.0. The highest BCUT2D eigenvalue weighted by molar-refractivity contribution is 7.22. The van der Waals surface area contributed by atoms with Crippen LogP contribution in [0.25, 0.3) is 10.2 Å². The highest BCUT2D eigenvalue weighted by atomic mass is 35.5. The summed E-state index contributed by atoms with van der Waals surface area (Å²) < 4.78 is 14.1. The summed E-state index contributed by atoms with van der Waals surface area (Å²) in [7, 11) is 0. The number of amides is 1. The lowest BCUT2D eigenvalue weighted by molar-refractivity contribution is 0.102. The maximum absolute atomic E-state index is 13.1. The number of carbonyl (C=O) groups excluding carboxylic acids is 1. The number of nitrogens with one attached hydrogen (secondary N) is 1. The zero-order chi connectivity index (χ0) is 15.0. The molecule has 0 unspecified atom stereocenters. The molecule has 0 saturated heterocycles. The van der Waals surface area contributed by atoms with Gasteiger partial charge in [0.2, 0.25) is 0 Å². The maximum Gasteiger partial charge on any atom is 0.257 e. The first-order chi connectivity index (χ1) is 10.0. The molecule has 1 heterocycles. The Kier molecular flexibility index (Phi) is 3.61. The second-order valence-electron chi connectivity index (χ2n) is 4.50. The quantitative estimate of drug-likeness (QED) is 0.746. The molecule has 1 N–H and O–H groups in total. The van der Waals surface area contributed by atoms with E-state index in [0.717, 1.165) is 15.8 Å². The van der Waals surface area contributed by atoms with E-state index in [-0.39, 0.29) is 5.56 Å². The second kappa shape index (κ2) is 5.42. The number of hydrogen-bond acceptors (Lipinski definition) is 3. The van der Waals surface area contributed by atoms with Crippen LogP contribution < -0.4 is 5.32 Å². The Balaban J connectivity index is 1.91. The van der Waals surface area contributed by atoms with E-state index in [1.165, 1.54) is 29.5 Å². The normalized spacial score (nSPS) is 10.8. The van der Waals surface area contributed by atoms with Crippen LogP contribution in [0.3, 0.4) is 0 Å². The Morgan fingerprint density at radius 1 is 1.33 bits per heavy atom. The van der Waals surface area contributed by atoms with Gasteiger partial charge in [0.1, 0.15) is 5.82 Å². The van der Waals surface area contributed by atoms with Gasteiger partial charge in [0.05, 0.1) is 10.2 Å². The fourth-order valence-corrected chi connectivity index (χ4v) is 3.03. The van der Waals surface area contributed by atoms with Crippen molar-refractivity contribution in [2.45, 2.75) is 6.92 Å². The smallest absolute Gasteiger partial charge is 0.257 e. The van der Waals surface area contributed by atoms with Gasteiger partial charge in [0.15, 0.2) is 5.13 Å². The van der Waals surface area contributed by atoms with Gasteiger partial charge in [-0.2, -0.15) is 0 Å². The van der Waals surface area contributed by atoms with Crippen LogP contribution in [-0.4, -0.2) is 10.9 Å². The maximum atomic E-state index is 13.1. The predicted octanol–water partition coefficient (Wildman–Crippen LogP) is 4.65. The van der Waals surface area contributed by atoms with Gasteiger partial charge in [-0.25, -0.2) is 9.37 Å². The lowest BCUT2D eigenvalue weighted by Crippen LogP contribution is -2.11. The first-order valence-corrected chi connectivity index (χ1v) is 7.36. The molecule has 3 rings (SSSR count). The molecule has 0 spiro atoms. The van der Waals surface area contributed by atoms with Gasteiger partial charge in [0.25, 0.3) is 5.91 Å². The molecule has 21 heavy (non-hydrogen) atoms. The van der Waals surface area contributed by atoms with Gasteiger partial charge < -0.3 is 0 Å². The lowest BCUT2D eigenvalue weighted by Gasteiger charge is -2.01. The summed E-state index contributed by atoms with van der Waals surface area (Å²) in [5.74, 6) is -0.841. The Bertz CT molecular complexity index is 847. The van der Waals surface area contributed by atoms with E-state index >= 15 is 0 Å². The Labute approximate surface area is 129 Å². The van der Waals surface area contributed by atoms with Crippen molar-refractivity contribution < 1.29 is 9.18 Å². The van der Waals surface area contributed by atoms with Crippen LogP contribution in [0.2, 0.25) is 5.02 Å². The minimum absolute atomic E-state index is 0.254. The molecule has 106 valence electrons. The van der Waals surface area contributed by atoms with Crippen molar-refractivity contribution in [3.05, 3.63) is 58.4 Å². The number of thiazole rings is 1. The lowest BCUT2D eigenvalue weighted by atomic mass is 10.2. The van der Waals surface area contributed by atoms with Gasteiger partial charge in [-0.1, -0.05) is 29.0 Å². The van der Waals surface area contributed by atoms with Crippen molar-refractivity contribution >= 4 is 44.2 Å². The average molecular weight is 321 g/mol. The third-order valence-electron chi connectivity index (χ3n) is 3.06. The SMILES string of the molecule is Cc1c(Cl)ccc2sc(NC(=O)c3cccc(F)c3)nc12. The van der Waals surface area contributed by atoms with Crippen molar-refractivity contribution in [2.24, 2.45) is 0 Å². The van der Waals surface area contributed by atoms with Crippen molar-refractivity contribution in [1.29, 1.82) is 0 Å². The van der Waals surface area contributed by atoms with Crippen LogP contribution in [0.15, 0.2) is 36.4 Å². The zero-order valence-corrected chi connectivity index (χ0v) is 12.6. The minimum Gasteiger partial charge on any atom is -0.298 e. The third kappa shape index (κ3) is 2.75. The number of carbonyl (C=O) groups is 1. The number of anilines is 1. The van der Waals surface area contributed by atoms with Crippen LogP contribution in [0.5, 0.6) is 0 Å². The van der Waals surface area contributed by atoms with Gasteiger partial charge in [-0.15, -0.1) is 0 Å². The predicted molar refractivity (Wildman–Crippen MR) is 83.7 cm³/mol. The monoisotopic (exact) mass is 320 g/mol. The van der Waals surface area contributed by atoms with Crippen molar-refractivity contribution in [1.82, 2.24) is 4.98 Å². The fraction of sp³-hybridized carbons (Fsp3) is 0.0667. The molecular weight excluding hydrogens is 311 g/mol. The number of nitrogens with zero attached hydrogens (tertiary/aromatic N) is 1. The van der Waals surface area contributed by atoms with Crippen LogP contribution >= 0.6 is 22.9 Å². The van der Waals surface area contributed by atoms with Crippen LogP contribution in [0.4, 0.5) is 9.52 Å². The summed E-state index contributed by atoms with van der Waals surface area (Å²) in [5.41, 5.74) is 1.89. The molecule has 0 aliphatic heterocycles. The molecule has 0 fully saturated rings. The molecule has 0 atom stereocenters. The standard InChI is InChI=1S/C15H10ClFN2OS/c1-8-11(16)5-6-12-13(8)18-15(21-12)19-14(20)9-3-2-4-10(17)7-9/h2-7H,1H3,(H,18,19,20). The van der Waals surface area contributed by atoms with Gasteiger partial charge in [0, 0.05) is 10.6 Å². The molecule has 1 aromatic heterocycles. The van der Waals surface area contributed by atoms with E-state index in [0.29, 0.717) is 10.2 Å². The molecule has 0 aliphatic carbocycles. The number of benzene rings is 2. The van der Waals surface area contributed by atoms with E-state index in [1.807, 2.05) is 13.0 Å². The third-order valence-corrected chi connectivity index (χ3v) is 4.40. The van der Waals surface area contributed by atoms with E-state index in [4.69, 9.17) is 11.6 Å². The molecule has 0 radical (unpaired) electrons. The Morgan fingerprint density at radius 2 is 2.14 bits per heavy atom. The number of halogens is 2. The van der Waals surface area contributed by atoms with Gasteiger partial charge >= 0.3 is 0 Å². The molecule has 3 nitrogen and oxygen atoms in total. The highest BCUT2D eigenvalue weighted by Crippen LogP contribution is 2.31. The van der Waals surface area contributed by atoms with Gasteiger partial charge in [-0.05, 0) is 42.8 Å². The van der Waals surface area contributed by atoms with Crippen molar-refractivity contribution in [3.63, 3.8) is 0 Å². The first-order valence-electron chi connectivity index (χ1n) is 6.17. The summed E-state index contributed by atoms with van der Waals surface area (Å²) >= 11 is 7.40. The first kappa shape index (κ1) is 14.0. The minimum atomic E-state index is -0.449. The summed E-state index contributed by atoms with van der Waals surface area (Å²) in [5, 5.41) is 3.78. The number of hydrogen-bond donors (Lipinski definition) is 1. The highest BCUT2D eigenvalue weighted by Gasteiger charge is 2.12. The number of aryl methyl sites for hydroxylation is 1. The topological polar surface area (TPSA) is 42.0 Å². The van der Waals surface area contributed by atoms with Crippen molar-refractivity contribution in [2.75, 3.05) is 5.32 Å². The summed E-state index contributed by atoms with van der Waals surface area (Å²) in [6.45, 7) is 1.88. The van der Waals surface area contributed by atoms with Crippen LogP contribution in [-0.2, 0) is 0 Å². The molecular formula is C15H10ClFN2OS. The Hall–Kier alpha value is -1.98. The molecule has 6 heteroatoms. The van der Waals surface area contributed by atoms with E-state index < -0.39 is 11.7 Å². The molecule has 2 aromatic carbocycles. The summed E-state index contributed by atoms with van der Waals surface area (Å²) in [6.07, 6.45) is 0. The van der Waals surface area contributed by atoms with Gasteiger partial charge in [-0.3, -0.25) is 10.1 Å². The van der Waals surface area contributed by atoms with E-state index in [9.17, 15) is 9.18 Å². The molecule has 0 bridgehead atoms. The fourth-order valence-electron chi connectivity index (χ4n) is 1.95.